The number of hydrogen-bond acceptors (Lipinski definition) is 7. The number of benzene rings is 1. The SMILES string of the molecule is C#CCn1nccc1C(C)=NN=C(CC)OCc1c(C)cccc1N(N)C(=O)N(C)N. The molecule has 0 saturated carbocycles. The molecule has 1 aromatic heterocycles. The van der Waals surface area contributed by atoms with E-state index in [1.165, 1.54) is 7.05 Å². The smallest absolute Gasteiger partial charge is 0.352 e. The van der Waals surface area contributed by atoms with Gasteiger partial charge in [0.1, 0.15) is 13.2 Å². The van der Waals surface area contributed by atoms with Crippen molar-refractivity contribution in [2.75, 3.05) is 12.1 Å². The Morgan fingerprint density at radius 1 is 1.32 bits per heavy atom. The van der Waals surface area contributed by atoms with E-state index >= 15 is 0 Å². The van der Waals surface area contributed by atoms with Crippen LogP contribution in [0.1, 0.15) is 37.1 Å². The summed E-state index contributed by atoms with van der Waals surface area (Å²) in [4.78, 5) is 12.2. The molecule has 10 nitrogen and oxygen atoms in total. The summed E-state index contributed by atoms with van der Waals surface area (Å²) in [7, 11) is 1.42. The first-order valence-electron chi connectivity index (χ1n) is 9.65. The van der Waals surface area contributed by atoms with E-state index in [-0.39, 0.29) is 6.61 Å². The molecule has 0 atom stereocenters. The summed E-state index contributed by atoms with van der Waals surface area (Å²) in [5, 5.41) is 14.6. The Morgan fingerprint density at radius 2 is 2.06 bits per heavy atom. The average molecular weight is 425 g/mol. The van der Waals surface area contributed by atoms with Crippen LogP contribution in [-0.4, -0.2) is 39.5 Å². The molecule has 0 aliphatic carbocycles. The Bertz CT molecular complexity index is 1020. The summed E-state index contributed by atoms with van der Waals surface area (Å²) in [5.74, 6) is 14.5. The first-order chi connectivity index (χ1) is 14.8. The quantitative estimate of drug-likeness (QED) is 0.176. The van der Waals surface area contributed by atoms with Crippen molar-refractivity contribution in [3.8, 4) is 12.3 Å². The number of terminal acetylenes is 1. The molecule has 0 aliphatic rings. The van der Waals surface area contributed by atoms with Crippen LogP contribution in [0.5, 0.6) is 0 Å². The van der Waals surface area contributed by atoms with Gasteiger partial charge in [-0.25, -0.2) is 21.5 Å². The highest BCUT2D eigenvalue weighted by Crippen LogP contribution is 2.24. The van der Waals surface area contributed by atoms with Crippen molar-refractivity contribution in [2.45, 2.75) is 40.3 Å². The second kappa shape index (κ2) is 10.9. The van der Waals surface area contributed by atoms with Crippen molar-refractivity contribution < 1.29 is 9.53 Å². The van der Waals surface area contributed by atoms with Crippen molar-refractivity contribution in [3.05, 3.63) is 47.3 Å². The second-order valence-corrected chi connectivity index (χ2v) is 6.74. The third kappa shape index (κ3) is 5.91. The number of nitrogens with zero attached hydrogens (tertiary/aromatic N) is 6. The fourth-order valence-corrected chi connectivity index (χ4v) is 2.76. The summed E-state index contributed by atoms with van der Waals surface area (Å²) in [6.07, 6.45) is 7.55. The van der Waals surface area contributed by atoms with Crippen LogP contribution in [0.2, 0.25) is 0 Å². The van der Waals surface area contributed by atoms with Gasteiger partial charge in [-0.05, 0) is 31.5 Å². The fraction of sp³-hybridized carbons (Fsp3) is 0.333. The van der Waals surface area contributed by atoms with E-state index < -0.39 is 6.03 Å². The molecule has 0 radical (unpaired) electrons. The second-order valence-electron chi connectivity index (χ2n) is 6.74. The molecule has 10 heteroatoms. The molecule has 2 amide bonds. The van der Waals surface area contributed by atoms with Crippen LogP contribution < -0.4 is 16.7 Å². The molecular weight excluding hydrogens is 396 g/mol. The number of nitrogens with two attached hydrogens (primary N) is 2. The molecule has 1 aromatic carbocycles. The Balaban J connectivity index is 2.22. The number of urea groups is 1. The first kappa shape index (κ1) is 23.6. The van der Waals surface area contributed by atoms with Crippen LogP contribution in [0.3, 0.4) is 0 Å². The third-order valence-electron chi connectivity index (χ3n) is 4.48. The minimum Gasteiger partial charge on any atom is -0.475 e. The number of hydrazine groups is 2. The van der Waals surface area contributed by atoms with Gasteiger partial charge in [-0.3, -0.25) is 9.69 Å². The molecule has 2 aromatic rings. The van der Waals surface area contributed by atoms with Crippen LogP contribution in [-0.2, 0) is 17.9 Å². The lowest BCUT2D eigenvalue weighted by Crippen LogP contribution is -2.49. The van der Waals surface area contributed by atoms with E-state index in [1.54, 1.807) is 23.0 Å². The highest BCUT2D eigenvalue weighted by Gasteiger charge is 2.19. The molecule has 0 unspecified atom stereocenters. The number of aryl methyl sites for hydroxylation is 1. The summed E-state index contributed by atoms with van der Waals surface area (Å²) in [6, 6.07) is 6.70. The summed E-state index contributed by atoms with van der Waals surface area (Å²) in [6.45, 7) is 6.14. The minimum atomic E-state index is -0.556. The van der Waals surface area contributed by atoms with Crippen molar-refractivity contribution in [2.24, 2.45) is 21.9 Å². The molecule has 31 heavy (non-hydrogen) atoms. The van der Waals surface area contributed by atoms with Gasteiger partial charge in [-0.2, -0.15) is 10.2 Å². The molecule has 0 spiro atoms. The van der Waals surface area contributed by atoms with E-state index in [0.717, 1.165) is 26.8 Å². The highest BCUT2D eigenvalue weighted by molar-refractivity contribution is 5.97. The third-order valence-corrected chi connectivity index (χ3v) is 4.48. The number of anilines is 1. The van der Waals surface area contributed by atoms with Gasteiger partial charge in [0.2, 0.25) is 5.90 Å². The first-order valence-corrected chi connectivity index (χ1v) is 9.65. The predicted octanol–water partition coefficient (Wildman–Crippen LogP) is 2.18. The molecule has 2 rings (SSSR count). The Morgan fingerprint density at radius 3 is 2.71 bits per heavy atom. The van der Waals surface area contributed by atoms with Crippen LogP contribution >= 0.6 is 0 Å². The topological polar surface area (TPSA) is 127 Å². The lowest BCUT2D eigenvalue weighted by atomic mass is 10.1. The molecule has 0 fully saturated rings. The number of rotatable bonds is 7. The molecule has 4 N–H and O–H groups in total. The highest BCUT2D eigenvalue weighted by atomic mass is 16.5. The van der Waals surface area contributed by atoms with Gasteiger partial charge >= 0.3 is 6.03 Å². The standard InChI is InChI=1S/C21H28N8O2/c1-6-13-28-18(11-12-24-28)16(4)25-26-20(7-2)31-14-17-15(3)9-8-10-19(17)29(23)21(30)27(5)22/h1,8-12H,7,13-14,22-23H2,2-5H3. The van der Waals surface area contributed by atoms with Gasteiger partial charge in [0.25, 0.3) is 0 Å². The maximum absolute atomic E-state index is 12.2. The minimum absolute atomic E-state index is 0.160. The molecule has 0 bridgehead atoms. The normalized spacial score (nSPS) is 11.8. The van der Waals surface area contributed by atoms with E-state index in [4.69, 9.17) is 22.8 Å². The molecular formula is C21H28N8O2. The van der Waals surface area contributed by atoms with Crippen molar-refractivity contribution in [1.82, 2.24) is 14.8 Å². The van der Waals surface area contributed by atoms with Crippen molar-refractivity contribution in [1.29, 1.82) is 0 Å². The van der Waals surface area contributed by atoms with Gasteiger partial charge in [-0.1, -0.05) is 25.0 Å². The number of hydrogen-bond donors (Lipinski definition) is 2. The van der Waals surface area contributed by atoms with Crippen LogP contribution in [0.4, 0.5) is 10.5 Å². The number of carbonyl (C=O) groups is 1. The maximum Gasteiger partial charge on any atom is 0.352 e. The zero-order chi connectivity index (χ0) is 23.0. The van der Waals surface area contributed by atoms with Crippen molar-refractivity contribution >= 4 is 23.3 Å². The molecule has 0 saturated heterocycles. The van der Waals surface area contributed by atoms with Crippen molar-refractivity contribution in [3.63, 3.8) is 0 Å². The van der Waals surface area contributed by atoms with E-state index in [9.17, 15) is 4.79 Å². The summed E-state index contributed by atoms with van der Waals surface area (Å²) in [5.41, 5.74) is 3.59. The molecule has 0 aliphatic heterocycles. The van der Waals surface area contributed by atoms with Crippen LogP contribution in [0.15, 0.2) is 40.7 Å². The molecule has 164 valence electrons. The fourth-order valence-electron chi connectivity index (χ4n) is 2.76. The Kier molecular flexibility index (Phi) is 8.31. The number of carbonyl (C=O) groups excluding carboxylic acids is 1. The lowest BCUT2D eigenvalue weighted by molar-refractivity contribution is 0.216. The van der Waals surface area contributed by atoms with E-state index in [0.29, 0.717) is 30.3 Å². The van der Waals surface area contributed by atoms with Crippen LogP contribution in [0, 0.1) is 19.3 Å². The van der Waals surface area contributed by atoms with Gasteiger partial charge < -0.3 is 4.74 Å². The van der Waals surface area contributed by atoms with Crippen LogP contribution in [0.25, 0.3) is 0 Å². The number of amides is 2. The summed E-state index contributed by atoms with van der Waals surface area (Å²) < 4.78 is 7.55. The average Bonchev–Trinajstić information content (AvgIpc) is 3.21. The Hall–Kier alpha value is -3.68. The maximum atomic E-state index is 12.2. The Labute approximate surface area is 182 Å². The monoisotopic (exact) mass is 424 g/mol. The largest absolute Gasteiger partial charge is 0.475 e. The zero-order valence-corrected chi connectivity index (χ0v) is 18.2. The zero-order valence-electron chi connectivity index (χ0n) is 18.2. The van der Waals surface area contributed by atoms with E-state index in [2.05, 4.69) is 21.2 Å². The van der Waals surface area contributed by atoms with Gasteiger partial charge in [-0.15, -0.1) is 11.5 Å². The molecule has 1 heterocycles. The lowest BCUT2D eigenvalue weighted by Gasteiger charge is -2.24. The van der Waals surface area contributed by atoms with E-state index in [1.807, 2.05) is 32.9 Å². The number of ether oxygens (including phenoxy) is 1. The summed E-state index contributed by atoms with van der Waals surface area (Å²) >= 11 is 0. The number of aromatic nitrogens is 2. The van der Waals surface area contributed by atoms with Gasteiger partial charge in [0, 0.05) is 25.2 Å². The predicted molar refractivity (Wildman–Crippen MR) is 121 cm³/mol. The van der Waals surface area contributed by atoms with Gasteiger partial charge in [0.05, 0.1) is 17.1 Å². The van der Waals surface area contributed by atoms with Gasteiger partial charge in [0.15, 0.2) is 0 Å².